The second-order valence-corrected chi connectivity index (χ2v) is 7.33. The normalized spacial score (nSPS) is 12.6. The van der Waals surface area contributed by atoms with Crippen LogP contribution < -0.4 is 10.2 Å². The van der Waals surface area contributed by atoms with Gasteiger partial charge in [0.1, 0.15) is 5.82 Å². The van der Waals surface area contributed by atoms with E-state index < -0.39 is 0 Å². The van der Waals surface area contributed by atoms with E-state index in [9.17, 15) is 0 Å². The van der Waals surface area contributed by atoms with Crippen LogP contribution in [0.1, 0.15) is 47.4 Å². The molecule has 0 atom stereocenters. The lowest BCUT2D eigenvalue weighted by atomic mass is 9.76. The monoisotopic (exact) mass is 306 g/mol. The Kier molecular flexibility index (Phi) is 5.73. The maximum Gasteiger partial charge on any atom is 0.231 e. The van der Waals surface area contributed by atoms with Crippen LogP contribution in [0.3, 0.4) is 0 Å². The molecule has 6 heteroatoms. The highest BCUT2D eigenvalue weighted by atomic mass is 15.4. The summed E-state index contributed by atoms with van der Waals surface area (Å²) in [4.78, 5) is 17.1. The topological polar surface area (TPSA) is 57.2 Å². The van der Waals surface area contributed by atoms with E-state index in [0.29, 0.717) is 11.9 Å². The standard InChI is InChI=1S/C16H30N6/c1-10-21(8)11-22(9)14-18-12(2)17-13(19-14)20-16(6,7)15(3,4)5/h2H,10-11H2,1,3-9H3,(H,17,18,19,20). The molecule has 0 saturated heterocycles. The Morgan fingerprint density at radius 1 is 1.05 bits per heavy atom. The van der Waals surface area contributed by atoms with Crippen LogP contribution in [0.15, 0.2) is 0 Å². The van der Waals surface area contributed by atoms with Gasteiger partial charge in [0.05, 0.1) is 6.67 Å². The number of nitrogens with zero attached hydrogens (tertiary/aromatic N) is 5. The Morgan fingerprint density at radius 3 is 2.14 bits per heavy atom. The molecular weight excluding hydrogens is 276 g/mol. The molecule has 0 aliphatic heterocycles. The van der Waals surface area contributed by atoms with E-state index in [4.69, 9.17) is 6.92 Å². The van der Waals surface area contributed by atoms with Crippen molar-refractivity contribution in [1.82, 2.24) is 19.9 Å². The molecule has 1 N–H and O–H groups in total. The quantitative estimate of drug-likeness (QED) is 0.815. The van der Waals surface area contributed by atoms with Gasteiger partial charge in [-0.15, -0.1) is 0 Å². The molecule has 0 bridgehead atoms. The summed E-state index contributed by atoms with van der Waals surface area (Å²) >= 11 is 0. The van der Waals surface area contributed by atoms with E-state index in [1.807, 2.05) is 19.0 Å². The molecule has 0 aliphatic carbocycles. The molecule has 6 nitrogen and oxygen atoms in total. The van der Waals surface area contributed by atoms with Crippen molar-refractivity contribution in [2.24, 2.45) is 5.41 Å². The zero-order chi connectivity index (χ0) is 17.1. The Morgan fingerprint density at radius 2 is 1.64 bits per heavy atom. The maximum absolute atomic E-state index is 5.85. The first-order chi connectivity index (χ1) is 9.96. The van der Waals surface area contributed by atoms with E-state index in [-0.39, 0.29) is 16.8 Å². The molecule has 1 aromatic rings. The molecule has 1 rings (SSSR count). The van der Waals surface area contributed by atoms with Crippen molar-refractivity contribution in [2.75, 3.05) is 37.5 Å². The zero-order valence-corrected chi connectivity index (χ0v) is 15.2. The number of aromatic nitrogens is 3. The first kappa shape index (κ1) is 18.6. The summed E-state index contributed by atoms with van der Waals surface area (Å²) in [5.41, 5.74) is -0.139. The van der Waals surface area contributed by atoms with Gasteiger partial charge >= 0.3 is 0 Å². The molecular formula is C16H30N6. The molecule has 0 aliphatic rings. The smallest absolute Gasteiger partial charge is 0.231 e. The second-order valence-electron chi connectivity index (χ2n) is 7.33. The van der Waals surface area contributed by atoms with Crippen LogP contribution in [-0.4, -0.2) is 52.7 Å². The van der Waals surface area contributed by atoms with Crippen molar-refractivity contribution in [3.63, 3.8) is 0 Å². The highest BCUT2D eigenvalue weighted by Gasteiger charge is 2.33. The van der Waals surface area contributed by atoms with Crippen molar-refractivity contribution >= 4 is 11.9 Å². The SMILES string of the molecule is [CH]c1nc(NC(C)(C)C(C)(C)C)nc(N(C)CN(C)CC)n1. The number of hydrogen-bond donors (Lipinski definition) is 1. The molecule has 0 unspecified atom stereocenters. The zero-order valence-electron chi connectivity index (χ0n) is 15.2. The Balaban J connectivity index is 3.00. The van der Waals surface area contributed by atoms with Crippen LogP contribution in [0, 0.1) is 12.3 Å². The fourth-order valence-electron chi connectivity index (χ4n) is 1.60. The van der Waals surface area contributed by atoms with E-state index in [1.165, 1.54) is 0 Å². The van der Waals surface area contributed by atoms with Crippen molar-refractivity contribution < 1.29 is 0 Å². The third-order valence-electron chi connectivity index (χ3n) is 4.28. The molecule has 0 aromatic carbocycles. The van der Waals surface area contributed by atoms with Crippen molar-refractivity contribution in [3.8, 4) is 0 Å². The predicted octanol–water partition coefficient (Wildman–Crippen LogP) is 2.51. The van der Waals surface area contributed by atoms with Gasteiger partial charge in [-0.3, -0.25) is 4.90 Å². The highest BCUT2D eigenvalue weighted by molar-refractivity contribution is 5.38. The van der Waals surface area contributed by atoms with E-state index in [0.717, 1.165) is 13.2 Å². The molecule has 0 spiro atoms. The third-order valence-corrected chi connectivity index (χ3v) is 4.28. The van der Waals surface area contributed by atoms with Crippen molar-refractivity contribution in [2.45, 2.75) is 47.1 Å². The Bertz CT molecular complexity index is 492. The molecule has 2 radical (unpaired) electrons. The van der Waals surface area contributed by atoms with E-state index >= 15 is 0 Å². The van der Waals surface area contributed by atoms with Gasteiger partial charge in [-0.1, -0.05) is 27.7 Å². The van der Waals surface area contributed by atoms with Crippen molar-refractivity contribution in [1.29, 1.82) is 0 Å². The first-order valence-electron chi connectivity index (χ1n) is 7.65. The molecule has 1 heterocycles. The van der Waals surface area contributed by atoms with Crippen LogP contribution >= 0.6 is 0 Å². The molecule has 0 amide bonds. The average molecular weight is 306 g/mol. The lowest BCUT2D eigenvalue weighted by Gasteiger charge is -2.39. The van der Waals surface area contributed by atoms with Gasteiger partial charge in [-0.25, -0.2) is 0 Å². The summed E-state index contributed by atoms with van der Waals surface area (Å²) < 4.78 is 0. The minimum Gasteiger partial charge on any atom is -0.349 e. The van der Waals surface area contributed by atoms with Crippen LogP contribution in [-0.2, 0) is 0 Å². The van der Waals surface area contributed by atoms with Crippen molar-refractivity contribution in [3.05, 3.63) is 12.7 Å². The number of hydrogen-bond acceptors (Lipinski definition) is 6. The fraction of sp³-hybridized carbons (Fsp3) is 0.750. The van der Waals surface area contributed by atoms with E-state index in [1.54, 1.807) is 0 Å². The lowest BCUT2D eigenvalue weighted by molar-refractivity contribution is 0.253. The molecule has 22 heavy (non-hydrogen) atoms. The summed E-state index contributed by atoms with van der Waals surface area (Å²) in [5, 5.41) is 3.38. The summed E-state index contributed by atoms with van der Waals surface area (Å²) in [7, 11) is 3.99. The van der Waals surface area contributed by atoms with Gasteiger partial charge in [0.2, 0.25) is 11.9 Å². The van der Waals surface area contributed by atoms with Gasteiger partial charge in [0.15, 0.2) is 0 Å². The van der Waals surface area contributed by atoms with E-state index in [2.05, 4.69) is 66.7 Å². The van der Waals surface area contributed by atoms with Crippen LogP contribution in [0.25, 0.3) is 0 Å². The Labute approximate surface area is 135 Å². The predicted molar refractivity (Wildman–Crippen MR) is 92.0 cm³/mol. The maximum atomic E-state index is 5.85. The number of anilines is 2. The van der Waals surface area contributed by atoms with Crippen LogP contribution in [0.4, 0.5) is 11.9 Å². The van der Waals surface area contributed by atoms with Gasteiger partial charge in [-0.2, -0.15) is 15.0 Å². The molecule has 0 saturated carbocycles. The highest BCUT2D eigenvalue weighted by Crippen LogP contribution is 2.32. The Hall–Kier alpha value is -1.43. The summed E-state index contributed by atoms with van der Waals surface area (Å²) in [6, 6.07) is 0. The third kappa shape index (κ3) is 4.80. The fourth-order valence-corrected chi connectivity index (χ4v) is 1.60. The number of rotatable bonds is 6. The summed E-state index contributed by atoms with van der Waals surface area (Å²) in [5.74, 6) is 1.30. The van der Waals surface area contributed by atoms with Gasteiger partial charge in [0, 0.05) is 19.5 Å². The average Bonchev–Trinajstić information content (AvgIpc) is 2.35. The summed E-state index contributed by atoms with van der Waals surface area (Å²) in [6.45, 7) is 20.4. The molecule has 124 valence electrons. The van der Waals surface area contributed by atoms with Crippen LogP contribution in [0.2, 0.25) is 0 Å². The number of nitrogens with one attached hydrogen (secondary N) is 1. The second kappa shape index (κ2) is 6.77. The van der Waals surface area contributed by atoms with Gasteiger partial charge in [0.25, 0.3) is 0 Å². The lowest BCUT2D eigenvalue weighted by Crippen LogP contribution is -2.44. The van der Waals surface area contributed by atoms with Gasteiger partial charge in [-0.05, 0) is 32.9 Å². The molecule has 0 fully saturated rings. The first-order valence-corrected chi connectivity index (χ1v) is 7.65. The minimum absolute atomic E-state index is 0.0445. The largest absolute Gasteiger partial charge is 0.349 e. The van der Waals surface area contributed by atoms with Crippen LogP contribution in [0.5, 0.6) is 0 Å². The minimum atomic E-state index is -0.184. The summed E-state index contributed by atoms with van der Waals surface area (Å²) in [6.07, 6.45) is 0. The van der Waals surface area contributed by atoms with Gasteiger partial charge < -0.3 is 10.2 Å². The molecule has 1 aromatic heterocycles.